The van der Waals surface area contributed by atoms with Crippen LogP contribution >= 0.6 is 23.1 Å². The molecule has 1 fully saturated rings. The fourth-order valence-electron chi connectivity index (χ4n) is 4.01. The summed E-state index contributed by atoms with van der Waals surface area (Å²) in [6, 6.07) is 0. The van der Waals surface area contributed by atoms with Crippen molar-refractivity contribution in [2.75, 3.05) is 12.3 Å². The highest BCUT2D eigenvalue weighted by Crippen LogP contribution is 2.39. The van der Waals surface area contributed by atoms with Crippen molar-refractivity contribution in [1.29, 1.82) is 0 Å². The number of aryl methyl sites for hydroxylation is 1. The number of nitrogens with two attached hydrogens (primary N) is 1. The molecule has 0 radical (unpaired) electrons. The first-order chi connectivity index (χ1) is 13.7. The van der Waals surface area contributed by atoms with Crippen LogP contribution in [-0.2, 0) is 29.9 Å². The number of anilines is 1. The molecule has 1 aliphatic heterocycles. The summed E-state index contributed by atoms with van der Waals surface area (Å²) in [6.07, 6.45) is 5.77. The van der Waals surface area contributed by atoms with E-state index >= 15 is 0 Å². The lowest BCUT2D eigenvalue weighted by molar-refractivity contribution is 0.0912. The molecule has 148 valence electrons. The summed E-state index contributed by atoms with van der Waals surface area (Å²) in [4.78, 5) is 11.8. The van der Waals surface area contributed by atoms with Gasteiger partial charge in [-0.05, 0) is 54.0 Å². The van der Waals surface area contributed by atoms with E-state index in [1.807, 2.05) is 4.68 Å². The van der Waals surface area contributed by atoms with Crippen LogP contribution < -0.4 is 5.73 Å². The first-order valence-electron chi connectivity index (χ1n) is 9.74. The molecule has 5 rings (SSSR count). The predicted molar refractivity (Wildman–Crippen MR) is 109 cm³/mol. The van der Waals surface area contributed by atoms with Crippen LogP contribution in [0.5, 0.6) is 0 Å². The lowest BCUT2D eigenvalue weighted by Gasteiger charge is -2.17. The normalized spacial score (nSPS) is 22.0. The van der Waals surface area contributed by atoms with Crippen LogP contribution in [0.2, 0.25) is 0 Å². The molecule has 0 saturated carbocycles. The highest BCUT2D eigenvalue weighted by molar-refractivity contribution is 7.98. The topological polar surface area (TPSA) is 105 Å². The van der Waals surface area contributed by atoms with Gasteiger partial charge >= 0.3 is 0 Å². The first kappa shape index (κ1) is 18.3. The molecule has 2 atom stereocenters. The van der Waals surface area contributed by atoms with Crippen molar-refractivity contribution >= 4 is 39.1 Å². The van der Waals surface area contributed by atoms with E-state index in [1.54, 1.807) is 11.3 Å². The van der Waals surface area contributed by atoms with Gasteiger partial charge in [-0.3, -0.25) is 0 Å². The number of nitrogens with zero attached hydrogens (tertiary/aromatic N) is 6. The number of tetrazole rings is 1. The fourth-order valence-corrected chi connectivity index (χ4v) is 6.16. The van der Waals surface area contributed by atoms with Crippen LogP contribution in [0, 0.1) is 5.92 Å². The van der Waals surface area contributed by atoms with E-state index in [1.165, 1.54) is 28.6 Å². The molecule has 3 aromatic rings. The molecule has 4 heterocycles. The van der Waals surface area contributed by atoms with E-state index in [0.717, 1.165) is 59.4 Å². The number of aromatic nitrogens is 6. The van der Waals surface area contributed by atoms with E-state index in [0.29, 0.717) is 18.1 Å². The Bertz CT molecular complexity index is 995. The third-order valence-corrected chi connectivity index (χ3v) is 7.56. The van der Waals surface area contributed by atoms with Crippen LogP contribution in [0.1, 0.15) is 42.5 Å². The van der Waals surface area contributed by atoms with Crippen molar-refractivity contribution in [2.24, 2.45) is 5.92 Å². The third kappa shape index (κ3) is 3.48. The highest BCUT2D eigenvalue weighted by Gasteiger charge is 2.23. The van der Waals surface area contributed by atoms with Gasteiger partial charge in [-0.15, -0.1) is 16.4 Å². The van der Waals surface area contributed by atoms with Gasteiger partial charge in [0.25, 0.3) is 0 Å². The second-order valence-corrected chi connectivity index (χ2v) is 9.65. The average Bonchev–Trinajstić information content (AvgIpc) is 3.40. The zero-order valence-corrected chi connectivity index (χ0v) is 17.4. The molecule has 2 unspecified atom stereocenters. The maximum absolute atomic E-state index is 6.33. The highest BCUT2D eigenvalue weighted by atomic mass is 32.2. The molecule has 2 N–H and O–H groups in total. The van der Waals surface area contributed by atoms with Crippen LogP contribution in [0.25, 0.3) is 10.2 Å². The van der Waals surface area contributed by atoms with E-state index < -0.39 is 0 Å². The second-order valence-electron chi connectivity index (χ2n) is 7.62. The Labute approximate surface area is 171 Å². The minimum Gasteiger partial charge on any atom is -0.383 e. The number of hydrogen-bond donors (Lipinski definition) is 1. The van der Waals surface area contributed by atoms with Gasteiger partial charge < -0.3 is 10.5 Å². The summed E-state index contributed by atoms with van der Waals surface area (Å²) < 4.78 is 7.50. The Balaban J connectivity index is 1.34. The monoisotopic (exact) mass is 417 g/mol. The van der Waals surface area contributed by atoms with Gasteiger partial charge in [0.15, 0.2) is 0 Å². The summed E-state index contributed by atoms with van der Waals surface area (Å²) >= 11 is 3.32. The van der Waals surface area contributed by atoms with Crippen molar-refractivity contribution in [3.8, 4) is 0 Å². The molecule has 10 heteroatoms. The van der Waals surface area contributed by atoms with Crippen molar-refractivity contribution in [1.82, 2.24) is 30.2 Å². The Hall–Kier alpha value is -1.78. The zero-order valence-electron chi connectivity index (χ0n) is 15.8. The van der Waals surface area contributed by atoms with E-state index in [-0.39, 0.29) is 6.10 Å². The lowest BCUT2D eigenvalue weighted by atomic mass is 9.89. The van der Waals surface area contributed by atoms with E-state index in [2.05, 4.69) is 27.4 Å². The molecule has 8 nitrogen and oxygen atoms in total. The van der Waals surface area contributed by atoms with Crippen molar-refractivity contribution in [2.45, 2.75) is 62.6 Å². The molecule has 2 aliphatic rings. The molecular formula is C18H23N7OS2. The number of hydrogen-bond acceptors (Lipinski definition) is 9. The predicted octanol–water partition coefficient (Wildman–Crippen LogP) is 2.86. The first-order valence-corrected chi connectivity index (χ1v) is 11.5. The van der Waals surface area contributed by atoms with Crippen LogP contribution in [0.4, 0.5) is 5.82 Å². The maximum atomic E-state index is 6.33. The largest absolute Gasteiger partial charge is 0.383 e. The third-order valence-electron chi connectivity index (χ3n) is 5.46. The lowest BCUT2D eigenvalue weighted by Crippen LogP contribution is -2.16. The van der Waals surface area contributed by atoms with Crippen LogP contribution in [0.3, 0.4) is 0 Å². The van der Waals surface area contributed by atoms with Crippen LogP contribution in [0.15, 0.2) is 5.16 Å². The molecule has 0 bridgehead atoms. The quantitative estimate of drug-likeness (QED) is 0.632. The van der Waals surface area contributed by atoms with Gasteiger partial charge in [0, 0.05) is 11.5 Å². The summed E-state index contributed by atoms with van der Waals surface area (Å²) in [5.74, 6) is 2.65. The molecule has 1 aliphatic carbocycles. The average molecular weight is 418 g/mol. The second kappa shape index (κ2) is 7.57. The SMILES string of the molecule is CC1CCc2c(sc3nc(CSc4nnnn4CC4CCCO4)nc(N)c23)C1. The standard InChI is InChI=1S/C18H23N7OS2/c1-10-4-5-12-13(7-10)28-17-15(12)16(19)20-14(21-17)9-27-18-22-23-24-25(18)8-11-3-2-6-26-11/h10-11H,2-9H2,1H3,(H2,19,20,21). The van der Waals surface area contributed by atoms with Crippen molar-refractivity contribution in [3.63, 3.8) is 0 Å². The van der Waals surface area contributed by atoms with Gasteiger partial charge in [-0.25, -0.2) is 14.6 Å². The minimum absolute atomic E-state index is 0.200. The molecule has 1 saturated heterocycles. The fraction of sp³-hybridized carbons (Fsp3) is 0.611. The number of nitrogen functional groups attached to an aromatic ring is 1. The van der Waals surface area contributed by atoms with E-state index in [4.69, 9.17) is 15.5 Å². The molecule has 0 amide bonds. The number of thiophene rings is 1. The smallest absolute Gasteiger partial charge is 0.209 e. The maximum Gasteiger partial charge on any atom is 0.209 e. The molecule has 28 heavy (non-hydrogen) atoms. The zero-order chi connectivity index (χ0) is 19.1. The molecule has 0 spiro atoms. The van der Waals surface area contributed by atoms with Crippen molar-refractivity contribution < 1.29 is 4.74 Å². The van der Waals surface area contributed by atoms with E-state index in [9.17, 15) is 0 Å². The van der Waals surface area contributed by atoms with Gasteiger partial charge in [-0.1, -0.05) is 18.7 Å². The van der Waals surface area contributed by atoms with Gasteiger partial charge in [-0.2, -0.15) is 0 Å². The molecular weight excluding hydrogens is 394 g/mol. The summed E-state index contributed by atoms with van der Waals surface area (Å²) in [5, 5.41) is 13.9. The van der Waals surface area contributed by atoms with Crippen LogP contribution in [-0.4, -0.2) is 42.9 Å². The van der Waals surface area contributed by atoms with Gasteiger partial charge in [0.1, 0.15) is 16.5 Å². The van der Waals surface area contributed by atoms with Crippen molar-refractivity contribution in [3.05, 3.63) is 16.3 Å². The summed E-state index contributed by atoms with van der Waals surface area (Å²) in [5.41, 5.74) is 7.70. The number of rotatable bonds is 5. The Morgan fingerprint density at radius 2 is 2.25 bits per heavy atom. The van der Waals surface area contributed by atoms with Gasteiger partial charge in [0.05, 0.1) is 23.8 Å². The Kier molecular flexibility index (Phi) is 4.93. The van der Waals surface area contributed by atoms with Gasteiger partial charge in [0.2, 0.25) is 5.16 Å². The summed E-state index contributed by atoms with van der Waals surface area (Å²) in [6.45, 7) is 3.82. The Morgan fingerprint density at radius 3 is 3.11 bits per heavy atom. The molecule has 0 aromatic carbocycles. The molecule has 3 aromatic heterocycles. The number of fused-ring (bicyclic) bond motifs is 3. The Morgan fingerprint density at radius 1 is 1.32 bits per heavy atom. The number of thioether (sulfide) groups is 1. The number of ether oxygens (including phenoxy) is 1. The minimum atomic E-state index is 0.200. The summed E-state index contributed by atoms with van der Waals surface area (Å²) in [7, 11) is 0.